The number of carbonyl (C=O) groups excluding carboxylic acids is 1. The van der Waals surface area contributed by atoms with E-state index in [9.17, 15) is 15.0 Å². The summed E-state index contributed by atoms with van der Waals surface area (Å²) >= 11 is 13.9. The molecule has 6 rings (SSSR count). The molecular formula is C35H37Cl2N5O5. The van der Waals surface area contributed by atoms with E-state index in [4.69, 9.17) is 37.7 Å². The van der Waals surface area contributed by atoms with E-state index in [2.05, 4.69) is 20.2 Å². The van der Waals surface area contributed by atoms with Crippen molar-refractivity contribution >= 4 is 34.8 Å². The fourth-order valence-corrected chi connectivity index (χ4v) is 7.18. The number of rotatable bonds is 10. The van der Waals surface area contributed by atoms with Crippen LogP contribution in [0.1, 0.15) is 47.2 Å². The van der Waals surface area contributed by atoms with Crippen LogP contribution in [-0.4, -0.2) is 75.5 Å². The van der Waals surface area contributed by atoms with Gasteiger partial charge in [0.15, 0.2) is 0 Å². The summed E-state index contributed by atoms with van der Waals surface area (Å²) in [6.45, 7) is 3.72. The molecule has 2 aliphatic rings. The molecule has 0 spiro atoms. The summed E-state index contributed by atoms with van der Waals surface area (Å²) in [7, 11) is 3.14. The Bertz CT molecular complexity index is 1810. The number of hydrogen-bond acceptors (Lipinski definition) is 9. The minimum absolute atomic E-state index is 0.0500. The zero-order valence-corrected chi connectivity index (χ0v) is 28.0. The molecule has 4 aromatic rings. The Kier molecular flexibility index (Phi) is 9.68. The van der Waals surface area contributed by atoms with Crippen molar-refractivity contribution in [2.24, 2.45) is 5.92 Å². The third-order valence-electron chi connectivity index (χ3n) is 8.84. The largest absolute Gasteiger partial charge is 0.496 e. The highest BCUT2D eigenvalue weighted by Gasteiger charge is 2.39. The summed E-state index contributed by atoms with van der Waals surface area (Å²) in [5, 5.41) is 23.1. The molecule has 3 N–H and O–H groups in total. The topological polar surface area (TPSA) is 130 Å². The lowest BCUT2D eigenvalue weighted by Crippen LogP contribution is -2.41. The van der Waals surface area contributed by atoms with E-state index in [1.54, 1.807) is 38.6 Å². The number of pyridine rings is 1. The third-order valence-corrected chi connectivity index (χ3v) is 9.66. The zero-order chi connectivity index (χ0) is 33.3. The second-order valence-electron chi connectivity index (χ2n) is 12.4. The Hall–Kier alpha value is -3.80. The molecule has 246 valence electrons. The summed E-state index contributed by atoms with van der Waals surface area (Å²) in [5.41, 5.74) is 4.93. The molecular weight excluding hydrogens is 641 g/mol. The van der Waals surface area contributed by atoms with Gasteiger partial charge in [-0.25, -0.2) is 9.97 Å². The number of aromatic nitrogens is 3. The number of amides is 1. The fourth-order valence-electron chi connectivity index (χ4n) is 6.58. The van der Waals surface area contributed by atoms with Crippen LogP contribution in [0.25, 0.3) is 22.4 Å². The van der Waals surface area contributed by atoms with E-state index in [0.29, 0.717) is 81.6 Å². The monoisotopic (exact) mass is 677 g/mol. The van der Waals surface area contributed by atoms with E-state index in [0.717, 1.165) is 36.3 Å². The van der Waals surface area contributed by atoms with Crippen LogP contribution in [0.3, 0.4) is 0 Å². The predicted molar refractivity (Wildman–Crippen MR) is 181 cm³/mol. The van der Waals surface area contributed by atoms with Gasteiger partial charge < -0.3 is 25.0 Å². The smallest absolute Gasteiger partial charge is 0.274 e. The van der Waals surface area contributed by atoms with Gasteiger partial charge in [-0.2, -0.15) is 0 Å². The quantitative estimate of drug-likeness (QED) is 0.190. The average molecular weight is 679 g/mol. The number of benzene rings is 2. The van der Waals surface area contributed by atoms with Crippen LogP contribution in [0.5, 0.6) is 11.6 Å². The van der Waals surface area contributed by atoms with Gasteiger partial charge in [-0.05, 0) is 44.6 Å². The molecule has 3 heterocycles. The first-order chi connectivity index (χ1) is 22.6. The van der Waals surface area contributed by atoms with Crippen molar-refractivity contribution in [1.82, 2.24) is 19.9 Å². The number of fused-ring (bicyclic) bond motifs is 1. The van der Waals surface area contributed by atoms with E-state index in [1.807, 2.05) is 31.2 Å². The molecule has 0 radical (unpaired) electrons. The van der Waals surface area contributed by atoms with Gasteiger partial charge in [0.25, 0.3) is 5.91 Å². The van der Waals surface area contributed by atoms with E-state index in [-0.39, 0.29) is 12.3 Å². The van der Waals surface area contributed by atoms with Crippen LogP contribution in [-0.2, 0) is 19.4 Å². The number of aliphatic hydroxyl groups excluding tert-OH is 1. The average Bonchev–Trinajstić information content (AvgIpc) is 3.05. The Labute approximate surface area is 283 Å². The number of anilines is 1. The van der Waals surface area contributed by atoms with Crippen LogP contribution in [0.15, 0.2) is 48.7 Å². The molecule has 1 fully saturated rings. The maximum atomic E-state index is 13.5. The lowest BCUT2D eigenvalue weighted by Gasteiger charge is -2.40. The molecule has 1 amide bonds. The highest BCUT2D eigenvalue weighted by Crippen LogP contribution is 2.43. The van der Waals surface area contributed by atoms with Gasteiger partial charge in [-0.3, -0.25) is 14.7 Å². The van der Waals surface area contributed by atoms with Crippen LogP contribution in [0, 0.1) is 5.92 Å². The molecule has 1 saturated carbocycles. The number of aliphatic hydroxyl groups is 2. The zero-order valence-electron chi connectivity index (χ0n) is 26.5. The molecule has 10 nitrogen and oxygen atoms in total. The second-order valence-corrected chi connectivity index (χ2v) is 13.1. The minimum atomic E-state index is -0.615. The van der Waals surface area contributed by atoms with E-state index < -0.39 is 11.5 Å². The molecule has 1 aliphatic heterocycles. The standard InChI is InChI=1S/C35H37Cl2N5O5/c1-35(45)16-20(17-35)14-27-34(47-3)41-28(18-38-27)24-8-4-6-21(31(24)36)22-7-5-9-25(32(22)37)40-33(44)26-15-30(46-2)23-10-11-42(12-13-43)19-29(23)39-26/h4-9,15,18,20,43,45H,10-14,16-17,19H2,1-3H3,(H,40,44). The number of β-amino-alcohol motifs (C(OH)–C–C–N with tert-alkyl or cyclic N) is 1. The summed E-state index contributed by atoms with van der Waals surface area (Å²) in [5.74, 6) is 0.924. The lowest BCUT2D eigenvalue weighted by atomic mass is 9.70. The summed E-state index contributed by atoms with van der Waals surface area (Å²) in [6.07, 6.45) is 4.51. The van der Waals surface area contributed by atoms with Crippen molar-refractivity contribution in [3.05, 3.63) is 81.4 Å². The lowest BCUT2D eigenvalue weighted by molar-refractivity contribution is -0.0569. The Morgan fingerprint density at radius 3 is 2.49 bits per heavy atom. The molecule has 0 saturated heterocycles. The first kappa shape index (κ1) is 33.1. The molecule has 2 aromatic heterocycles. The fraction of sp³-hybridized carbons (Fsp3) is 0.371. The number of halogens is 2. The number of nitrogens with one attached hydrogen (secondary N) is 1. The molecule has 12 heteroatoms. The van der Waals surface area contributed by atoms with Crippen LogP contribution in [0.4, 0.5) is 5.69 Å². The van der Waals surface area contributed by atoms with Crippen LogP contribution < -0.4 is 14.8 Å². The molecule has 47 heavy (non-hydrogen) atoms. The summed E-state index contributed by atoms with van der Waals surface area (Å²) < 4.78 is 11.2. The predicted octanol–water partition coefficient (Wildman–Crippen LogP) is 5.84. The number of nitrogens with zero attached hydrogens (tertiary/aromatic N) is 4. The molecule has 2 aromatic carbocycles. The van der Waals surface area contributed by atoms with Crippen molar-refractivity contribution < 1.29 is 24.5 Å². The van der Waals surface area contributed by atoms with Gasteiger partial charge >= 0.3 is 0 Å². The first-order valence-corrected chi connectivity index (χ1v) is 16.3. The van der Waals surface area contributed by atoms with Crippen LogP contribution >= 0.6 is 23.2 Å². The van der Waals surface area contributed by atoms with Gasteiger partial charge in [0.2, 0.25) is 5.88 Å². The van der Waals surface area contributed by atoms with Crippen molar-refractivity contribution in [1.29, 1.82) is 0 Å². The van der Waals surface area contributed by atoms with Gasteiger partial charge in [-0.1, -0.05) is 53.5 Å². The summed E-state index contributed by atoms with van der Waals surface area (Å²) in [6, 6.07) is 12.6. The van der Waals surface area contributed by atoms with Crippen LogP contribution in [0.2, 0.25) is 10.0 Å². The van der Waals surface area contributed by atoms with Crippen molar-refractivity contribution in [2.75, 3.05) is 39.2 Å². The van der Waals surface area contributed by atoms with E-state index in [1.165, 1.54) is 0 Å². The molecule has 1 aliphatic carbocycles. The number of ether oxygens (including phenoxy) is 2. The summed E-state index contributed by atoms with van der Waals surface area (Å²) in [4.78, 5) is 29.6. The number of methoxy groups -OCH3 is 2. The van der Waals surface area contributed by atoms with Gasteiger partial charge in [-0.15, -0.1) is 0 Å². The maximum absolute atomic E-state index is 13.5. The Balaban J connectivity index is 1.25. The Morgan fingerprint density at radius 1 is 1.06 bits per heavy atom. The van der Waals surface area contributed by atoms with Crippen molar-refractivity contribution in [3.63, 3.8) is 0 Å². The SMILES string of the molecule is COc1cc(C(=O)Nc2cccc(-c3cccc(-c4cnc(CC5CC(C)(O)C5)c(OC)n4)c3Cl)c2Cl)nc2c1CCN(CCO)C2. The van der Waals surface area contributed by atoms with Crippen molar-refractivity contribution in [3.8, 4) is 34.0 Å². The number of carbonyl (C=O) groups is 1. The second kappa shape index (κ2) is 13.7. The first-order valence-electron chi connectivity index (χ1n) is 15.5. The minimum Gasteiger partial charge on any atom is -0.496 e. The molecule has 0 unspecified atom stereocenters. The van der Waals surface area contributed by atoms with Crippen molar-refractivity contribution in [2.45, 2.75) is 44.8 Å². The Morgan fingerprint density at radius 2 is 1.79 bits per heavy atom. The van der Waals surface area contributed by atoms with Gasteiger partial charge in [0.1, 0.15) is 17.1 Å². The maximum Gasteiger partial charge on any atom is 0.274 e. The normalized spacial score (nSPS) is 19.1. The third kappa shape index (κ3) is 6.93. The van der Waals surface area contributed by atoms with E-state index >= 15 is 0 Å². The van der Waals surface area contributed by atoms with Gasteiger partial charge in [0, 0.05) is 48.0 Å². The molecule has 0 atom stereocenters. The number of hydrogen-bond donors (Lipinski definition) is 3. The highest BCUT2D eigenvalue weighted by atomic mass is 35.5. The van der Waals surface area contributed by atoms with Gasteiger partial charge in [0.05, 0.1) is 59.7 Å². The highest BCUT2D eigenvalue weighted by molar-refractivity contribution is 6.39. The molecule has 0 bridgehead atoms.